The first kappa shape index (κ1) is 15.2. The molecule has 0 bridgehead atoms. The molecule has 3 rings (SSSR count). The molecule has 0 saturated heterocycles. The molecule has 1 aliphatic heterocycles. The first-order chi connectivity index (χ1) is 10.9. The maximum Gasteiger partial charge on any atom is 0.258 e. The quantitative estimate of drug-likeness (QED) is 0.839. The number of aromatic amines is 1. The van der Waals surface area contributed by atoms with E-state index in [9.17, 15) is 4.79 Å². The topological polar surface area (TPSA) is 61.0 Å². The standard InChI is InChI=1S/C18H20N4O/c1-5-10-22-16(13-11-19-21-15(13)18(2,3)4)20-14-9-7-6-8-12(14)17(22)23/h1,6-9,11,16,20H,10H2,2-4H3,(H,19,21)/t16-/m0/s1. The van der Waals surface area contributed by atoms with Crippen molar-refractivity contribution in [3.05, 3.63) is 47.3 Å². The number of anilines is 1. The molecule has 2 aromatic rings. The Labute approximate surface area is 136 Å². The molecule has 0 saturated carbocycles. The molecule has 0 radical (unpaired) electrons. The molecule has 2 heterocycles. The van der Waals surface area contributed by atoms with Crippen molar-refractivity contribution >= 4 is 11.6 Å². The van der Waals surface area contributed by atoms with Gasteiger partial charge in [0, 0.05) is 22.4 Å². The van der Waals surface area contributed by atoms with Gasteiger partial charge in [0.25, 0.3) is 5.91 Å². The molecular weight excluding hydrogens is 288 g/mol. The number of carbonyl (C=O) groups excluding carboxylic acids is 1. The van der Waals surface area contributed by atoms with E-state index in [1.165, 1.54) is 0 Å². The van der Waals surface area contributed by atoms with Gasteiger partial charge < -0.3 is 10.2 Å². The van der Waals surface area contributed by atoms with Gasteiger partial charge in [-0.15, -0.1) is 6.42 Å². The lowest BCUT2D eigenvalue weighted by atomic mass is 9.88. The van der Waals surface area contributed by atoms with Gasteiger partial charge >= 0.3 is 0 Å². The van der Waals surface area contributed by atoms with E-state index in [1.54, 1.807) is 11.1 Å². The molecule has 1 aliphatic rings. The lowest BCUT2D eigenvalue weighted by Crippen LogP contribution is -2.43. The van der Waals surface area contributed by atoms with Gasteiger partial charge in [-0.3, -0.25) is 9.89 Å². The lowest BCUT2D eigenvalue weighted by molar-refractivity contribution is 0.0710. The van der Waals surface area contributed by atoms with E-state index in [4.69, 9.17) is 6.42 Å². The Morgan fingerprint density at radius 2 is 2.09 bits per heavy atom. The third-order valence-corrected chi connectivity index (χ3v) is 4.00. The summed E-state index contributed by atoms with van der Waals surface area (Å²) >= 11 is 0. The van der Waals surface area contributed by atoms with E-state index in [2.05, 4.69) is 42.2 Å². The minimum Gasteiger partial charge on any atom is -0.361 e. The molecule has 5 heteroatoms. The molecule has 118 valence electrons. The van der Waals surface area contributed by atoms with E-state index in [0.29, 0.717) is 5.56 Å². The molecule has 23 heavy (non-hydrogen) atoms. The normalized spacial score (nSPS) is 17.4. The van der Waals surface area contributed by atoms with Gasteiger partial charge in [-0.2, -0.15) is 5.10 Å². The van der Waals surface area contributed by atoms with Crippen molar-refractivity contribution in [2.45, 2.75) is 32.4 Å². The molecule has 2 N–H and O–H groups in total. The van der Waals surface area contributed by atoms with Gasteiger partial charge in [-0.05, 0) is 12.1 Å². The molecule has 1 amide bonds. The number of para-hydroxylation sites is 1. The van der Waals surface area contributed by atoms with Crippen LogP contribution in [0.3, 0.4) is 0 Å². The minimum atomic E-state index is -0.332. The Kier molecular flexibility index (Phi) is 3.61. The Morgan fingerprint density at radius 1 is 1.35 bits per heavy atom. The zero-order valence-electron chi connectivity index (χ0n) is 13.6. The highest BCUT2D eigenvalue weighted by Gasteiger charge is 2.35. The number of hydrogen-bond donors (Lipinski definition) is 2. The van der Waals surface area contributed by atoms with Crippen LogP contribution in [0.15, 0.2) is 30.5 Å². The largest absolute Gasteiger partial charge is 0.361 e. The van der Waals surface area contributed by atoms with E-state index >= 15 is 0 Å². The fourth-order valence-corrected chi connectivity index (χ4v) is 2.90. The number of terminal acetylenes is 1. The van der Waals surface area contributed by atoms with E-state index in [1.807, 2.05) is 24.3 Å². The van der Waals surface area contributed by atoms with Crippen LogP contribution in [-0.4, -0.2) is 27.5 Å². The Bertz CT molecular complexity index is 779. The summed E-state index contributed by atoms with van der Waals surface area (Å²) in [6.07, 6.45) is 6.92. The summed E-state index contributed by atoms with van der Waals surface area (Å²) in [4.78, 5) is 14.5. The predicted octanol–water partition coefficient (Wildman–Crippen LogP) is 2.91. The average molecular weight is 308 g/mol. The molecular formula is C18H20N4O. The monoisotopic (exact) mass is 308 g/mol. The summed E-state index contributed by atoms with van der Waals surface area (Å²) in [7, 11) is 0. The third kappa shape index (κ3) is 2.57. The maximum atomic E-state index is 12.8. The maximum absolute atomic E-state index is 12.8. The van der Waals surface area contributed by atoms with Crippen molar-refractivity contribution < 1.29 is 4.79 Å². The fraction of sp³-hybridized carbons (Fsp3) is 0.333. The van der Waals surface area contributed by atoms with Crippen LogP contribution in [0.4, 0.5) is 5.69 Å². The van der Waals surface area contributed by atoms with Crippen molar-refractivity contribution in [1.29, 1.82) is 0 Å². The number of carbonyl (C=O) groups is 1. The molecule has 5 nitrogen and oxygen atoms in total. The second-order valence-corrected chi connectivity index (χ2v) is 6.68. The van der Waals surface area contributed by atoms with Crippen molar-refractivity contribution in [3.8, 4) is 12.3 Å². The number of rotatable bonds is 2. The summed E-state index contributed by atoms with van der Waals surface area (Å²) < 4.78 is 0. The van der Waals surface area contributed by atoms with Crippen LogP contribution in [-0.2, 0) is 5.41 Å². The van der Waals surface area contributed by atoms with Crippen molar-refractivity contribution in [3.63, 3.8) is 0 Å². The molecule has 0 aliphatic carbocycles. The summed E-state index contributed by atoms with van der Waals surface area (Å²) in [5.74, 6) is 2.52. The van der Waals surface area contributed by atoms with Crippen LogP contribution in [0.2, 0.25) is 0 Å². The van der Waals surface area contributed by atoms with Gasteiger partial charge in [0.1, 0.15) is 6.17 Å². The van der Waals surface area contributed by atoms with Crippen molar-refractivity contribution in [1.82, 2.24) is 15.1 Å². The zero-order valence-corrected chi connectivity index (χ0v) is 13.6. The van der Waals surface area contributed by atoms with Crippen LogP contribution in [0.5, 0.6) is 0 Å². The Hall–Kier alpha value is -2.74. The van der Waals surface area contributed by atoms with E-state index in [-0.39, 0.29) is 24.0 Å². The van der Waals surface area contributed by atoms with Crippen LogP contribution in [0.1, 0.15) is 48.6 Å². The van der Waals surface area contributed by atoms with Gasteiger partial charge in [0.2, 0.25) is 0 Å². The number of benzene rings is 1. The van der Waals surface area contributed by atoms with Crippen molar-refractivity contribution in [2.24, 2.45) is 0 Å². The molecule has 1 aromatic carbocycles. The van der Waals surface area contributed by atoms with Crippen LogP contribution in [0, 0.1) is 12.3 Å². The van der Waals surface area contributed by atoms with Gasteiger partial charge in [0.15, 0.2) is 0 Å². The van der Waals surface area contributed by atoms with E-state index < -0.39 is 0 Å². The van der Waals surface area contributed by atoms with Gasteiger partial charge in [-0.25, -0.2) is 0 Å². The van der Waals surface area contributed by atoms with Gasteiger partial charge in [0.05, 0.1) is 18.3 Å². The first-order valence-corrected chi connectivity index (χ1v) is 7.57. The van der Waals surface area contributed by atoms with Crippen LogP contribution >= 0.6 is 0 Å². The second kappa shape index (κ2) is 5.47. The smallest absolute Gasteiger partial charge is 0.258 e. The summed E-state index contributed by atoms with van der Waals surface area (Å²) in [6, 6.07) is 7.48. The number of fused-ring (bicyclic) bond motifs is 1. The number of nitrogens with one attached hydrogen (secondary N) is 2. The molecule has 0 fully saturated rings. The van der Waals surface area contributed by atoms with E-state index in [0.717, 1.165) is 16.9 Å². The highest BCUT2D eigenvalue weighted by atomic mass is 16.2. The zero-order chi connectivity index (χ0) is 16.6. The van der Waals surface area contributed by atoms with Crippen LogP contribution in [0.25, 0.3) is 0 Å². The fourth-order valence-electron chi connectivity index (χ4n) is 2.90. The number of nitrogens with zero attached hydrogens (tertiary/aromatic N) is 2. The molecule has 0 spiro atoms. The SMILES string of the molecule is C#CCN1C(=O)c2ccccc2N[C@@H]1c1cn[nH]c1C(C)(C)C. The first-order valence-electron chi connectivity index (χ1n) is 7.57. The molecule has 1 atom stereocenters. The van der Waals surface area contributed by atoms with Crippen molar-refractivity contribution in [2.75, 3.05) is 11.9 Å². The average Bonchev–Trinajstić information content (AvgIpc) is 3.00. The number of H-pyrrole nitrogens is 1. The number of amides is 1. The highest BCUT2D eigenvalue weighted by Crippen LogP contribution is 2.36. The number of hydrogen-bond acceptors (Lipinski definition) is 3. The predicted molar refractivity (Wildman–Crippen MR) is 90.0 cm³/mol. The molecule has 1 aromatic heterocycles. The Balaban J connectivity index is 2.10. The Morgan fingerprint density at radius 3 is 2.78 bits per heavy atom. The van der Waals surface area contributed by atoms with Crippen LogP contribution < -0.4 is 5.32 Å². The minimum absolute atomic E-state index is 0.0663. The molecule has 0 unspecified atom stereocenters. The summed E-state index contributed by atoms with van der Waals surface area (Å²) in [6.45, 7) is 6.55. The summed E-state index contributed by atoms with van der Waals surface area (Å²) in [5.41, 5.74) is 3.27. The lowest BCUT2D eigenvalue weighted by Gasteiger charge is -2.37. The second-order valence-electron chi connectivity index (χ2n) is 6.68. The highest BCUT2D eigenvalue weighted by molar-refractivity contribution is 6.01. The number of aromatic nitrogens is 2. The van der Waals surface area contributed by atoms with Gasteiger partial charge in [-0.1, -0.05) is 38.8 Å². The third-order valence-electron chi connectivity index (χ3n) is 4.00. The summed E-state index contributed by atoms with van der Waals surface area (Å²) in [5, 5.41) is 10.7.